The molecule has 4 rings (SSSR count). The molecule has 1 aliphatic carbocycles. The monoisotopic (exact) mass is 324 g/mol. The molecule has 0 saturated carbocycles. The first-order valence-corrected chi connectivity index (χ1v) is 9.00. The number of pyridine rings is 1. The second-order valence-electron chi connectivity index (χ2n) is 6.16. The van der Waals surface area contributed by atoms with Gasteiger partial charge in [0.05, 0.1) is 5.39 Å². The van der Waals surface area contributed by atoms with Crippen LogP contribution in [0.3, 0.4) is 0 Å². The van der Waals surface area contributed by atoms with Crippen LogP contribution in [0, 0.1) is 0 Å². The molecule has 0 atom stereocenters. The third-order valence-electron chi connectivity index (χ3n) is 4.49. The van der Waals surface area contributed by atoms with Gasteiger partial charge in [0, 0.05) is 30.9 Å². The van der Waals surface area contributed by atoms with Gasteiger partial charge in [-0.2, -0.15) is 0 Å². The quantitative estimate of drug-likeness (QED) is 0.683. The molecular weight excluding hydrogens is 304 g/mol. The lowest BCUT2D eigenvalue weighted by atomic mass is 10.1. The van der Waals surface area contributed by atoms with Crippen molar-refractivity contribution in [3.63, 3.8) is 0 Å². The summed E-state index contributed by atoms with van der Waals surface area (Å²) < 4.78 is 0. The molecule has 3 aromatic rings. The average Bonchev–Trinajstić information content (AvgIpc) is 2.77. The van der Waals surface area contributed by atoms with Gasteiger partial charge in [0.1, 0.15) is 17.0 Å². The molecule has 0 fully saturated rings. The van der Waals surface area contributed by atoms with E-state index in [9.17, 15) is 0 Å². The smallest absolute Gasteiger partial charge is 0.141 e. The predicted octanol–water partition coefficient (Wildman–Crippen LogP) is 3.99. The van der Waals surface area contributed by atoms with Crippen LogP contribution < -0.4 is 4.90 Å². The molecule has 23 heavy (non-hydrogen) atoms. The normalized spacial score (nSPS) is 14.5. The zero-order chi connectivity index (χ0) is 15.6. The summed E-state index contributed by atoms with van der Waals surface area (Å²) in [6.45, 7) is 0.810. The molecule has 0 bridgehead atoms. The molecule has 0 saturated heterocycles. The zero-order valence-electron chi connectivity index (χ0n) is 13.3. The number of thiophene rings is 1. The second kappa shape index (κ2) is 6.24. The van der Waals surface area contributed by atoms with Crippen LogP contribution in [0.5, 0.6) is 0 Å². The van der Waals surface area contributed by atoms with Crippen molar-refractivity contribution in [1.29, 1.82) is 0 Å². The average molecular weight is 324 g/mol. The minimum Gasteiger partial charge on any atom is -0.355 e. The first-order chi connectivity index (χ1) is 11.3. The van der Waals surface area contributed by atoms with Crippen LogP contribution in [0.1, 0.15) is 35.3 Å². The standard InChI is InChI=1S/C18H20N4S/c1-22(11-13-6-5-9-19-10-13)17-16-14-7-3-2-4-8-15(14)23-18(16)21-12-20-17/h5-6,9-10,12H,2-4,7-8,11H2,1H3. The summed E-state index contributed by atoms with van der Waals surface area (Å²) in [5.74, 6) is 1.05. The van der Waals surface area contributed by atoms with Gasteiger partial charge in [0.15, 0.2) is 0 Å². The summed E-state index contributed by atoms with van der Waals surface area (Å²) >= 11 is 1.86. The topological polar surface area (TPSA) is 41.9 Å². The number of fused-ring (bicyclic) bond motifs is 3. The Morgan fingerprint density at radius 1 is 1.17 bits per heavy atom. The van der Waals surface area contributed by atoms with Gasteiger partial charge in [-0.05, 0) is 42.9 Å². The highest BCUT2D eigenvalue weighted by Gasteiger charge is 2.20. The molecule has 118 valence electrons. The van der Waals surface area contributed by atoms with E-state index in [4.69, 9.17) is 0 Å². The highest BCUT2D eigenvalue weighted by atomic mass is 32.1. The number of anilines is 1. The molecule has 0 N–H and O–H groups in total. The van der Waals surface area contributed by atoms with E-state index in [1.807, 2.05) is 29.8 Å². The summed E-state index contributed by atoms with van der Waals surface area (Å²) in [7, 11) is 2.11. The second-order valence-corrected chi connectivity index (χ2v) is 7.24. The van der Waals surface area contributed by atoms with Crippen LogP contribution in [0.15, 0.2) is 30.9 Å². The SMILES string of the molecule is CN(Cc1cccnc1)c1ncnc2sc3c(c12)CCCCC3. The number of aromatic nitrogens is 3. The highest BCUT2D eigenvalue weighted by Crippen LogP contribution is 2.38. The maximum absolute atomic E-state index is 4.61. The Bertz CT molecular complexity index is 813. The van der Waals surface area contributed by atoms with E-state index < -0.39 is 0 Å². The molecule has 0 amide bonds. The third kappa shape index (κ3) is 2.81. The molecule has 0 radical (unpaired) electrons. The third-order valence-corrected chi connectivity index (χ3v) is 5.69. The van der Waals surface area contributed by atoms with Crippen molar-refractivity contribution in [3.05, 3.63) is 46.9 Å². The van der Waals surface area contributed by atoms with Gasteiger partial charge < -0.3 is 4.90 Å². The maximum Gasteiger partial charge on any atom is 0.141 e. The van der Waals surface area contributed by atoms with Crippen LogP contribution >= 0.6 is 11.3 Å². The van der Waals surface area contributed by atoms with Gasteiger partial charge in [0.2, 0.25) is 0 Å². The van der Waals surface area contributed by atoms with E-state index in [0.717, 1.165) is 23.6 Å². The van der Waals surface area contributed by atoms with Crippen molar-refractivity contribution in [2.75, 3.05) is 11.9 Å². The van der Waals surface area contributed by atoms with E-state index in [1.54, 1.807) is 6.33 Å². The largest absolute Gasteiger partial charge is 0.355 e. The van der Waals surface area contributed by atoms with E-state index in [1.165, 1.54) is 47.1 Å². The maximum atomic E-state index is 4.61. The Hall–Kier alpha value is -2.01. The van der Waals surface area contributed by atoms with E-state index in [-0.39, 0.29) is 0 Å². The summed E-state index contributed by atoms with van der Waals surface area (Å²) in [4.78, 5) is 18.2. The lowest BCUT2D eigenvalue weighted by molar-refractivity contribution is 0.713. The first-order valence-electron chi connectivity index (χ1n) is 8.18. The van der Waals surface area contributed by atoms with Crippen LogP contribution in [-0.4, -0.2) is 22.0 Å². The van der Waals surface area contributed by atoms with Gasteiger partial charge in [-0.15, -0.1) is 11.3 Å². The molecule has 0 spiro atoms. The van der Waals surface area contributed by atoms with Crippen molar-refractivity contribution in [2.45, 2.75) is 38.6 Å². The van der Waals surface area contributed by atoms with Crippen molar-refractivity contribution in [1.82, 2.24) is 15.0 Å². The van der Waals surface area contributed by atoms with E-state index in [0.29, 0.717) is 0 Å². The van der Waals surface area contributed by atoms with Gasteiger partial charge in [-0.3, -0.25) is 4.98 Å². The molecule has 0 aromatic carbocycles. The van der Waals surface area contributed by atoms with Crippen molar-refractivity contribution >= 4 is 27.4 Å². The lowest BCUT2D eigenvalue weighted by Gasteiger charge is -2.19. The Kier molecular flexibility index (Phi) is 3.95. The minimum atomic E-state index is 0.810. The van der Waals surface area contributed by atoms with Crippen LogP contribution in [0.2, 0.25) is 0 Å². The van der Waals surface area contributed by atoms with Crippen molar-refractivity contribution in [3.8, 4) is 0 Å². The highest BCUT2D eigenvalue weighted by molar-refractivity contribution is 7.18. The molecule has 5 heteroatoms. The Labute approximate surface area is 140 Å². The van der Waals surface area contributed by atoms with E-state index >= 15 is 0 Å². The number of hydrogen-bond donors (Lipinski definition) is 0. The zero-order valence-corrected chi connectivity index (χ0v) is 14.1. The molecular formula is C18H20N4S. The van der Waals surface area contributed by atoms with Crippen molar-refractivity contribution in [2.24, 2.45) is 0 Å². The van der Waals surface area contributed by atoms with Gasteiger partial charge in [0.25, 0.3) is 0 Å². The molecule has 0 aliphatic heterocycles. The fraction of sp³-hybridized carbons (Fsp3) is 0.389. The van der Waals surface area contributed by atoms with Crippen LogP contribution in [0.4, 0.5) is 5.82 Å². The Morgan fingerprint density at radius 2 is 2.09 bits per heavy atom. The molecule has 4 nitrogen and oxygen atoms in total. The summed E-state index contributed by atoms with van der Waals surface area (Å²) in [6, 6.07) is 4.09. The fourth-order valence-electron chi connectivity index (χ4n) is 3.38. The minimum absolute atomic E-state index is 0.810. The summed E-state index contributed by atoms with van der Waals surface area (Å²) in [5, 5.41) is 1.28. The van der Waals surface area contributed by atoms with Crippen LogP contribution in [0.25, 0.3) is 10.2 Å². The summed E-state index contributed by atoms with van der Waals surface area (Å²) in [6.07, 6.45) is 11.7. The number of aryl methyl sites for hydroxylation is 2. The molecule has 3 aromatic heterocycles. The number of nitrogens with zero attached hydrogens (tertiary/aromatic N) is 4. The van der Waals surface area contributed by atoms with Crippen LogP contribution in [-0.2, 0) is 19.4 Å². The number of hydrogen-bond acceptors (Lipinski definition) is 5. The Morgan fingerprint density at radius 3 is 2.96 bits per heavy atom. The lowest BCUT2D eigenvalue weighted by Crippen LogP contribution is -2.18. The van der Waals surface area contributed by atoms with Gasteiger partial charge >= 0.3 is 0 Å². The van der Waals surface area contributed by atoms with Gasteiger partial charge in [-0.1, -0.05) is 12.5 Å². The number of rotatable bonds is 3. The fourth-order valence-corrected chi connectivity index (χ4v) is 4.60. The molecule has 0 unspecified atom stereocenters. The van der Waals surface area contributed by atoms with Gasteiger partial charge in [-0.25, -0.2) is 9.97 Å². The summed E-state index contributed by atoms with van der Waals surface area (Å²) in [5.41, 5.74) is 2.69. The predicted molar refractivity (Wildman–Crippen MR) is 95.0 cm³/mol. The first kappa shape index (κ1) is 14.6. The Balaban J connectivity index is 1.76. The molecule has 3 heterocycles. The van der Waals surface area contributed by atoms with Crippen molar-refractivity contribution < 1.29 is 0 Å². The molecule has 1 aliphatic rings. The van der Waals surface area contributed by atoms with E-state index in [2.05, 4.69) is 33.0 Å².